The van der Waals surface area contributed by atoms with E-state index in [4.69, 9.17) is 18.9 Å². The molecule has 0 saturated heterocycles. The van der Waals surface area contributed by atoms with Gasteiger partial charge in [-0.05, 0) is 50.7 Å². The Labute approximate surface area is 214 Å². The molecule has 0 fully saturated rings. The van der Waals surface area contributed by atoms with Crippen molar-refractivity contribution >= 4 is 11.8 Å². The number of likely N-dealkylation sites (N-methyl/N-ethyl adjacent to an activating group) is 1. The Morgan fingerprint density at radius 2 is 1.67 bits per heavy atom. The number of nitrogens with one attached hydrogen (secondary N) is 1. The lowest BCUT2D eigenvalue weighted by Crippen LogP contribution is -2.41. The van der Waals surface area contributed by atoms with Crippen molar-refractivity contribution in [2.75, 3.05) is 39.3 Å². The third kappa shape index (κ3) is 5.77. The molecule has 0 aromatic heterocycles. The minimum atomic E-state index is -0.365. The van der Waals surface area contributed by atoms with Crippen molar-refractivity contribution in [2.45, 2.75) is 32.5 Å². The van der Waals surface area contributed by atoms with Gasteiger partial charge < -0.3 is 29.2 Å². The highest BCUT2D eigenvalue weighted by atomic mass is 16.5. The number of benzene rings is 3. The molecule has 0 amide bonds. The van der Waals surface area contributed by atoms with Crippen molar-refractivity contribution in [2.24, 2.45) is 0 Å². The topological polar surface area (TPSA) is 52.2 Å². The summed E-state index contributed by atoms with van der Waals surface area (Å²) in [5, 5.41) is 3.21. The van der Waals surface area contributed by atoms with Crippen molar-refractivity contribution in [1.82, 2.24) is 5.32 Å². The number of anilines is 1. The zero-order valence-electron chi connectivity index (χ0n) is 21.8. The van der Waals surface area contributed by atoms with Gasteiger partial charge in [0, 0.05) is 36.5 Å². The van der Waals surface area contributed by atoms with Gasteiger partial charge in [0.25, 0.3) is 0 Å². The van der Waals surface area contributed by atoms with Crippen LogP contribution in [0, 0.1) is 0 Å². The van der Waals surface area contributed by atoms with Gasteiger partial charge >= 0.3 is 0 Å². The summed E-state index contributed by atoms with van der Waals surface area (Å²) in [7, 11) is 5.30. The molecule has 3 aromatic rings. The molecule has 0 bridgehead atoms. The first-order valence-corrected chi connectivity index (χ1v) is 12.3. The van der Waals surface area contributed by atoms with Crippen LogP contribution in [0.3, 0.4) is 0 Å². The van der Waals surface area contributed by atoms with E-state index >= 15 is 0 Å². The molecule has 6 nitrogen and oxygen atoms in total. The van der Waals surface area contributed by atoms with Crippen LogP contribution in [0.4, 0.5) is 5.69 Å². The van der Waals surface area contributed by atoms with Crippen LogP contribution in [0.1, 0.15) is 30.5 Å². The third-order valence-corrected chi connectivity index (χ3v) is 6.30. The monoisotopic (exact) mass is 488 g/mol. The van der Waals surface area contributed by atoms with E-state index in [9.17, 15) is 0 Å². The molecule has 1 aliphatic heterocycles. The van der Waals surface area contributed by atoms with E-state index < -0.39 is 0 Å². The summed E-state index contributed by atoms with van der Waals surface area (Å²) >= 11 is 0. The minimum absolute atomic E-state index is 0.365. The number of nitrogens with zero attached hydrogens (tertiary/aromatic N) is 1. The van der Waals surface area contributed by atoms with Gasteiger partial charge in [0.2, 0.25) is 0 Å². The fraction of sp³-hybridized carbons (Fsp3) is 0.333. The SMILES string of the molecule is CCOc1cc(OC)c(CN(Cc2ccccc2)c2ccc3c(c2)C=CC(C)(CNC)O3)c(OC)c1. The maximum absolute atomic E-state index is 6.32. The third-order valence-electron chi connectivity index (χ3n) is 6.30. The summed E-state index contributed by atoms with van der Waals surface area (Å²) in [6.07, 6.45) is 4.27. The van der Waals surface area contributed by atoms with E-state index in [-0.39, 0.29) is 5.60 Å². The molecule has 1 aliphatic rings. The lowest BCUT2D eigenvalue weighted by molar-refractivity contribution is 0.138. The number of fused-ring (bicyclic) bond motifs is 1. The van der Waals surface area contributed by atoms with Crippen LogP contribution in [-0.2, 0) is 13.1 Å². The first-order valence-electron chi connectivity index (χ1n) is 12.3. The quantitative estimate of drug-likeness (QED) is 0.374. The molecule has 0 spiro atoms. The predicted octanol–water partition coefficient (Wildman–Crippen LogP) is 5.69. The van der Waals surface area contributed by atoms with E-state index in [1.807, 2.05) is 32.2 Å². The van der Waals surface area contributed by atoms with Crippen LogP contribution >= 0.6 is 0 Å². The van der Waals surface area contributed by atoms with E-state index in [2.05, 4.69) is 71.8 Å². The molecule has 1 unspecified atom stereocenters. The summed E-state index contributed by atoms with van der Waals surface area (Å²) in [5.74, 6) is 3.08. The van der Waals surface area contributed by atoms with Crippen LogP contribution in [0.5, 0.6) is 23.0 Å². The Bertz CT molecular complexity index is 1170. The summed E-state index contributed by atoms with van der Waals surface area (Å²) < 4.78 is 23.6. The highest BCUT2D eigenvalue weighted by molar-refractivity contribution is 5.67. The minimum Gasteiger partial charge on any atom is -0.496 e. The lowest BCUT2D eigenvalue weighted by atomic mass is 9.99. The van der Waals surface area contributed by atoms with Crippen molar-refractivity contribution in [3.8, 4) is 23.0 Å². The van der Waals surface area contributed by atoms with Gasteiger partial charge in [-0.3, -0.25) is 0 Å². The van der Waals surface area contributed by atoms with Crippen LogP contribution in [0.15, 0.2) is 66.7 Å². The fourth-order valence-electron chi connectivity index (χ4n) is 4.55. The van der Waals surface area contributed by atoms with Gasteiger partial charge in [0.1, 0.15) is 28.6 Å². The van der Waals surface area contributed by atoms with Gasteiger partial charge in [-0.1, -0.05) is 36.4 Å². The molecule has 4 rings (SSSR count). The van der Waals surface area contributed by atoms with Crippen LogP contribution in [-0.4, -0.2) is 40.0 Å². The summed E-state index contributed by atoms with van der Waals surface area (Å²) in [5.41, 5.74) is 3.96. The lowest BCUT2D eigenvalue weighted by Gasteiger charge is -2.33. The second kappa shape index (κ2) is 11.4. The van der Waals surface area contributed by atoms with Gasteiger partial charge in [-0.25, -0.2) is 0 Å². The number of hydrogen-bond donors (Lipinski definition) is 1. The Morgan fingerprint density at radius 3 is 2.31 bits per heavy atom. The van der Waals surface area contributed by atoms with Gasteiger partial charge in [-0.15, -0.1) is 0 Å². The zero-order valence-corrected chi connectivity index (χ0v) is 21.8. The summed E-state index contributed by atoms with van der Waals surface area (Å²) in [6, 6.07) is 20.7. The summed E-state index contributed by atoms with van der Waals surface area (Å²) in [6.45, 7) is 6.68. The van der Waals surface area contributed by atoms with E-state index in [0.29, 0.717) is 13.2 Å². The smallest absolute Gasteiger partial charge is 0.137 e. The molecule has 0 saturated carbocycles. The molecule has 1 atom stereocenters. The normalized spacial score (nSPS) is 16.1. The predicted molar refractivity (Wildman–Crippen MR) is 145 cm³/mol. The molecule has 1 heterocycles. The Kier molecular flexibility index (Phi) is 8.06. The average molecular weight is 489 g/mol. The van der Waals surface area contributed by atoms with Gasteiger partial charge in [0.05, 0.1) is 32.9 Å². The van der Waals surface area contributed by atoms with Crippen molar-refractivity contribution < 1.29 is 18.9 Å². The number of ether oxygens (including phenoxy) is 4. The maximum Gasteiger partial charge on any atom is 0.137 e. The highest BCUT2D eigenvalue weighted by Crippen LogP contribution is 2.38. The first kappa shape index (κ1) is 25.5. The molecule has 0 radical (unpaired) electrons. The van der Waals surface area contributed by atoms with Crippen molar-refractivity contribution in [3.63, 3.8) is 0 Å². The second-order valence-electron chi connectivity index (χ2n) is 9.08. The summed E-state index contributed by atoms with van der Waals surface area (Å²) in [4.78, 5) is 2.32. The number of methoxy groups -OCH3 is 2. The van der Waals surface area contributed by atoms with Crippen molar-refractivity contribution in [3.05, 3.63) is 83.4 Å². The molecule has 36 heavy (non-hydrogen) atoms. The standard InChI is InChI=1S/C30H36N2O4/c1-6-35-25-17-28(33-4)26(29(18-25)34-5)20-32(19-22-10-8-7-9-11-22)24-12-13-27-23(16-24)14-15-30(2,36-27)21-31-3/h7-18,31H,6,19-21H2,1-5H3. The van der Waals surface area contributed by atoms with E-state index in [1.54, 1.807) is 14.2 Å². The highest BCUT2D eigenvalue weighted by Gasteiger charge is 2.27. The maximum atomic E-state index is 6.32. The Balaban J connectivity index is 1.72. The van der Waals surface area contributed by atoms with Gasteiger partial charge in [-0.2, -0.15) is 0 Å². The molecule has 3 aromatic carbocycles. The van der Waals surface area contributed by atoms with Crippen molar-refractivity contribution in [1.29, 1.82) is 0 Å². The first-order chi connectivity index (χ1) is 17.5. The van der Waals surface area contributed by atoms with Gasteiger partial charge in [0.15, 0.2) is 0 Å². The Hall–Kier alpha value is -3.64. The molecule has 0 aliphatic carbocycles. The van der Waals surface area contributed by atoms with Crippen LogP contribution in [0.2, 0.25) is 0 Å². The number of hydrogen-bond acceptors (Lipinski definition) is 6. The second-order valence-corrected chi connectivity index (χ2v) is 9.08. The molecular weight excluding hydrogens is 452 g/mol. The fourth-order valence-corrected chi connectivity index (χ4v) is 4.55. The average Bonchev–Trinajstić information content (AvgIpc) is 2.89. The largest absolute Gasteiger partial charge is 0.496 e. The van der Waals surface area contributed by atoms with E-state index in [1.165, 1.54) is 5.56 Å². The Morgan fingerprint density at radius 1 is 0.944 bits per heavy atom. The van der Waals surface area contributed by atoms with Crippen LogP contribution in [0.25, 0.3) is 6.08 Å². The van der Waals surface area contributed by atoms with Crippen LogP contribution < -0.4 is 29.2 Å². The molecule has 6 heteroatoms. The molecule has 190 valence electrons. The molecular formula is C30H36N2O4. The van der Waals surface area contributed by atoms with E-state index in [0.717, 1.165) is 52.9 Å². The zero-order chi connectivity index (χ0) is 25.5. The number of rotatable bonds is 11. The molecule has 1 N–H and O–H groups in total.